The van der Waals surface area contributed by atoms with Crippen molar-refractivity contribution in [2.24, 2.45) is 0 Å². The number of piperazine rings is 1. The molecule has 1 aromatic rings. The molecule has 0 aromatic carbocycles. The van der Waals surface area contributed by atoms with Gasteiger partial charge >= 0.3 is 0 Å². The van der Waals surface area contributed by atoms with Crippen LogP contribution in [0.2, 0.25) is 0 Å². The molecule has 0 atom stereocenters. The van der Waals surface area contributed by atoms with Crippen LogP contribution in [0.25, 0.3) is 0 Å². The van der Waals surface area contributed by atoms with Gasteiger partial charge in [0.1, 0.15) is 0 Å². The molecule has 0 aliphatic carbocycles. The van der Waals surface area contributed by atoms with Crippen LogP contribution in [0.4, 0.5) is 5.95 Å². The lowest BCUT2D eigenvalue weighted by Gasteiger charge is -2.48. The lowest BCUT2D eigenvalue weighted by Crippen LogP contribution is -2.63. The summed E-state index contributed by atoms with van der Waals surface area (Å²) in [5.74, 6) is 0.882. The zero-order valence-corrected chi connectivity index (χ0v) is 12.8. The third-order valence-electron chi connectivity index (χ3n) is 4.51. The molecule has 1 aromatic heterocycles. The zero-order valence-electron chi connectivity index (χ0n) is 12.8. The van der Waals surface area contributed by atoms with E-state index in [-0.39, 0.29) is 0 Å². The topological polar surface area (TPSA) is 35.5 Å². The molecule has 0 N–H and O–H groups in total. The van der Waals surface area contributed by atoms with E-state index in [1.54, 1.807) is 0 Å². The van der Waals surface area contributed by atoms with E-state index in [0.717, 1.165) is 24.6 Å². The summed E-state index contributed by atoms with van der Waals surface area (Å²) in [6.07, 6.45) is 3.80. The van der Waals surface area contributed by atoms with Gasteiger partial charge in [-0.3, -0.25) is 9.80 Å². The number of hydrogen-bond donors (Lipinski definition) is 0. The van der Waals surface area contributed by atoms with Crippen LogP contribution in [0.3, 0.4) is 0 Å². The largest absolute Gasteiger partial charge is 0.338 e. The van der Waals surface area contributed by atoms with E-state index in [1.165, 1.54) is 26.2 Å². The Morgan fingerprint density at radius 1 is 1.05 bits per heavy atom. The van der Waals surface area contributed by atoms with E-state index < -0.39 is 0 Å². The third-order valence-corrected chi connectivity index (χ3v) is 4.51. The summed E-state index contributed by atoms with van der Waals surface area (Å²) < 4.78 is 0. The standard InChI is InChI=1S/C15H25N5/c1-12(2)18-4-6-19(7-5-18)14-10-20(11-14)15-16-8-13(3)9-17-15/h8-9,12,14H,4-7,10-11H2,1-3H3. The molecule has 2 saturated heterocycles. The van der Waals surface area contributed by atoms with Crippen molar-refractivity contribution in [3.05, 3.63) is 18.0 Å². The van der Waals surface area contributed by atoms with Crippen LogP contribution in [0, 0.1) is 6.92 Å². The number of anilines is 1. The zero-order chi connectivity index (χ0) is 14.1. The van der Waals surface area contributed by atoms with E-state index in [1.807, 2.05) is 19.3 Å². The molecule has 2 aliphatic heterocycles. The Hall–Kier alpha value is -1.20. The Morgan fingerprint density at radius 2 is 1.65 bits per heavy atom. The Bertz CT molecular complexity index is 430. The highest BCUT2D eigenvalue weighted by Gasteiger charge is 2.34. The van der Waals surface area contributed by atoms with Gasteiger partial charge in [-0.25, -0.2) is 9.97 Å². The van der Waals surface area contributed by atoms with Crippen molar-refractivity contribution in [3.8, 4) is 0 Å². The van der Waals surface area contributed by atoms with Crippen molar-refractivity contribution in [1.82, 2.24) is 19.8 Å². The van der Waals surface area contributed by atoms with Gasteiger partial charge in [-0.2, -0.15) is 0 Å². The normalized spacial score (nSPS) is 22.3. The molecule has 5 nitrogen and oxygen atoms in total. The number of nitrogens with zero attached hydrogens (tertiary/aromatic N) is 5. The van der Waals surface area contributed by atoms with Crippen molar-refractivity contribution in [2.45, 2.75) is 32.9 Å². The van der Waals surface area contributed by atoms with Crippen LogP contribution in [-0.4, -0.2) is 71.1 Å². The molecular weight excluding hydrogens is 250 g/mol. The number of aromatic nitrogens is 2. The first-order valence-corrected chi connectivity index (χ1v) is 7.65. The van der Waals surface area contributed by atoms with Crippen molar-refractivity contribution in [1.29, 1.82) is 0 Å². The predicted molar refractivity (Wildman–Crippen MR) is 81.1 cm³/mol. The van der Waals surface area contributed by atoms with Crippen LogP contribution >= 0.6 is 0 Å². The summed E-state index contributed by atoms with van der Waals surface area (Å²) >= 11 is 0. The van der Waals surface area contributed by atoms with Gasteiger partial charge in [-0.05, 0) is 26.3 Å². The molecule has 0 bridgehead atoms. The van der Waals surface area contributed by atoms with E-state index in [0.29, 0.717) is 12.1 Å². The van der Waals surface area contributed by atoms with E-state index in [9.17, 15) is 0 Å². The highest BCUT2D eigenvalue weighted by atomic mass is 15.4. The summed E-state index contributed by atoms with van der Waals surface area (Å²) in [6.45, 7) is 13.6. The second kappa shape index (κ2) is 5.66. The molecule has 0 spiro atoms. The monoisotopic (exact) mass is 275 g/mol. The Labute approximate surface area is 121 Å². The van der Waals surface area contributed by atoms with Gasteiger partial charge in [0.15, 0.2) is 0 Å². The summed E-state index contributed by atoms with van der Waals surface area (Å²) in [6, 6.07) is 1.37. The maximum absolute atomic E-state index is 4.40. The lowest BCUT2D eigenvalue weighted by molar-refractivity contribution is 0.0674. The Balaban J connectivity index is 1.48. The van der Waals surface area contributed by atoms with Crippen LogP contribution in [0.5, 0.6) is 0 Å². The fraction of sp³-hybridized carbons (Fsp3) is 0.733. The molecule has 2 fully saturated rings. The van der Waals surface area contributed by atoms with Gasteiger partial charge < -0.3 is 4.90 Å². The first-order valence-electron chi connectivity index (χ1n) is 7.65. The van der Waals surface area contributed by atoms with Crippen molar-refractivity contribution in [3.63, 3.8) is 0 Å². The number of hydrogen-bond acceptors (Lipinski definition) is 5. The van der Waals surface area contributed by atoms with Gasteiger partial charge in [-0.15, -0.1) is 0 Å². The summed E-state index contributed by atoms with van der Waals surface area (Å²) in [5.41, 5.74) is 1.12. The highest BCUT2D eigenvalue weighted by Crippen LogP contribution is 2.21. The molecule has 3 heterocycles. The van der Waals surface area contributed by atoms with E-state index in [4.69, 9.17) is 0 Å². The second-order valence-corrected chi connectivity index (χ2v) is 6.28. The minimum absolute atomic E-state index is 0.677. The molecule has 3 rings (SSSR count). The summed E-state index contributed by atoms with van der Waals surface area (Å²) in [5, 5.41) is 0. The molecular formula is C15H25N5. The molecule has 5 heteroatoms. The van der Waals surface area contributed by atoms with Gasteiger partial charge in [0.25, 0.3) is 0 Å². The highest BCUT2D eigenvalue weighted by molar-refractivity contribution is 5.35. The molecule has 20 heavy (non-hydrogen) atoms. The molecule has 2 aliphatic rings. The quantitative estimate of drug-likeness (QED) is 0.822. The van der Waals surface area contributed by atoms with Crippen LogP contribution in [-0.2, 0) is 0 Å². The molecule has 0 unspecified atom stereocenters. The number of aryl methyl sites for hydroxylation is 1. The maximum atomic E-state index is 4.40. The van der Waals surface area contributed by atoms with Crippen molar-refractivity contribution >= 4 is 5.95 Å². The summed E-state index contributed by atoms with van der Waals surface area (Å²) in [7, 11) is 0. The average molecular weight is 275 g/mol. The minimum atomic E-state index is 0.677. The molecule has 110 valence electrons. The van der Waals surface area contributed by atoms with Crippen LogP contribution in [0.1, 0.15) is 19.4 Å². The van der Waals surface area contributed by atoms with Crippen LogP contribution in [0.15, 0.2) is 12.4 Å². The third kappa shape index (κ3) is 2.79. The smallest absolute Gasteiger partial charge is 0.225 e. The Morgan fingerprint density at radius 3 is 2.20 bits per heavy atom. The molecule has 0 amide bonds. The average Bonchev–Trinajstić information content (AvgIpc) is 2.40. The van der Waals surface area contributed by atoms with Gasteiger partial charge in [0.2, 0.25) is 5.95 Å². The van der Waals surface area contributed by atoms with Gasteiger partial charge in [0.05, 0.1) is 0 Å². The maximum Gasteiger partial charge on any atom is 0.225 e. The fourth-order valence-electron chi connectivity index (χ4n) is 3.02. The van der Waals surface area contributed by atoms with E-state index in [2.05, 4.69) is 38.5 Å². The minimum Gasteiger partial charge on any atom is -0.338 e. The van der Waals surface area contributed by atoms with Gasteiger partial charge in [-0.1, -0.05) is 0 Å². The molecule has 0 radical (unpaired) electrons. The fourth-order valence-corrected chi connectivity index (χ4v) is 3.02. The Kier molecular flexibility index (Phi) is 3.89. The van der Waals surface area contributed by atoms with Gasteiger partial charge in [0, 0.05) is 63.7 Å². The lowest BCUT2D eigenvalue weighted by atomic mass is 10.1. The predicted octanol–water partition coefficient (Wildman–Crippen LogP) is 1.000. The van der Waals surface area contributed by atoms with Crippen molar-refractivity contribution in [2.75, 3.05) is 44.2 Å². The van der Waals surface area contributed by atoms with E-state index >= 15 is 0 Å². The first kappa shape index (κ1) is 13.8. The first-order chi connectivity index (χ1) is 9.63. The molecule has 0 saturated carbocycles. The second-order valence-electron chi connectivity index (χ2n) is 6.28. The number of rotatable bonds is 3. The van der Waals surface area contributed by atoms with Crippen LogP contribution < -0.4 is 4.90 Å². The van der Waals surface area contributed by atoms with Crippen molar-refractivity contribution < 1.29 is 0 Å². The SMILES string of the molecule is Cc1cnc(N2CC(N3CCN(C(C)C)CC3)C2)nc1. The summed E-state index contributed by atoms with van der Waals surface area (Å²) in [4.78, 5) is 16.3.